The van der Waals surface area contributed by atoms with Gasteiger partial charge in [-0.2, -0.15) is 0 Å². The minimum absolute atomic E-state index is 0.108. The smallest absolute Gasteiger partial charge is 0.335 e. The zero-order valence-corrected chi connectivity index (χ0v) is 9.83. The highest BCUT2D eigenvalue weighted by molar-refractivity contribution is 6.09. The Morgan fingerprint density at radius 2 is 1.42 bits per heavy atom. The lowest BCUT2D eigenvalue weighted by Crippen LogP contribution is -2.03. The third kappa shape index (κ3) is 2.55. The molecule has 0 radical (unpaired) electrons. The lowest BCUT2D eigenvalue weighted by molar-refractivity contribution is 0.0696. The maximum Gasteiger partial charge on any atom is 0.335 e. The van der Waals surface area contributed by atoms with E-state index in [9.17, 15) is 14.7 Å². The summed E-state index contributed by atoms with van der Waals surface area (Å²) in [6.45, 7) is 0. The molecule has 2 rings (SSSR count). The number of aromatic hydroxyl groups is 1. The maximum atomic E-state index is 12.1. The molecule has 0 atom stereocenters. The number of phenolic OH excluding ortho intramolecular Hbond substituents is 1. The van der Waals surface area contributed by atoms with Gasteiger partial charge in [-0.3, -0.25) is 4.79 Å². The molecule has 0 amide bonds. The monoisotopic (exact) mass is 257 g/mol. The summed E-state index contributed by atoms with van der Waals surface area (Å²) < 4.78 is 0. The number of hydrogen-bond acceptors (Lipinski definition) is 4. The molecule has 96 valence electrons. The van der Waals surface area contributed by atoms with Gasteiger partial charge >= 0.3 is 5.97 Å². The molecule has 19 heavy (non-hydrogen) atoms. The Kier molecular flexibility index (Phi) is 3.20. The highest BCUT2D eigenvalue weighted by Gasteiger charge is 2.11. The van der Waals surface area contributed by atoms with Crippen LogP contribution in [-0.4, -0.2) is 22.0 Å². The van der Waals surface area contributed by atoms with Crippen LogP contribution in [0.25, 0.3) is 0 Å². The number of phenols is 1. The molecule has 0 aliphatic rings. The van der Waals surface area contributed by atoms with Gasteiger partial charge in [-0.05, 0) is 30.3 Å². The van der Waals surface area contributed by atoms with Gasteiger partial charge in [0.25, 0.3) is 0 Å². The van der Waals surface area contributed by atoms with Crippen LogP contribution in [0.1, 0.15) is 26.3 Å². The summed E-state index contributed by atoms with van der Waals surface area (Å²) in [5.74, 6) is -1.52. The average Bonchev–Trinajstić information content (AvgIpc) is 2.41. The van der Waals surface area contributed by atoms with Crippen LogP contribution in [0.15, 0.2) is 42.5 Å². The van der Waals surface area contributed by atoms with Gasteiger partial charge in [0.05, 0.1) is 11.3 Å². The van der Waals surface area contributed by atoms with Crippen LogP contribution in [0, 0.1) is 0 Å². The first-order valence-corrected chi connectivity index (χ1v) is 5.45. The van der Waals surface area contributed by atoms with Crippen LogP contribution >= 0.6 is 0 Å². The summed E-state index contributed by atoms with van der Waals surface area (Å²) in [5.41, 5.74) is 6.38. The number of carbonyl (C=O) groups excluding carboxylic acids is 1. The second kappa shape index (κ2) is 4.81. The second-order valence-electron chi connectivity index (χ2n) is 3.99. The topological polar surface area (TPSA) is 101 Å². The van der Waals surface area contributed by atoms with Gasteiger partial charge in [0.2, 0.25) is 0 Å². The van der Waals surface area contributed by atoms with E-state index < -0.39 is 5.97 Å². The lowest BCUT2D eigenvalue weighted by Gasteiger charge is -2.04. The fraction of sp³-hybridized carbons (Fsp3) is 0. The summed E-state index contributed by atoms with van der Waals surface area (Å²) in [4.78, 5) is 22.8. The highest BCUT2D eigenvalue weighted by atomic mass is 16.4. The van der Waals surface area contributed by atoms with Gasteiger partial charge in [0.15, 0.2) is 5.78 Å². The number of benzene rings is 2. The molecule has 0 bridgehead atoms. The minimum Gasteiger partial charge on any atom is -0.506 e. The molecule has 0 saturated carbocycles. The zero-order valence-electron chi connectivity index (χ0n) is 9.83. The Morgan fingerprint density at radius 3 is 1.95 bits per heavy atom. The number of aromatic carboxylic acids is 1. The van der Waals surface area contributed by atoms with Crippen molar-refractivity contribution >= 4 is 17.4 Å². The Morgan fingerprint density at radius 1 is 0.895 bits per heavy atom. The largest absolute Gasteiger partial charge is 0.506 e. The molecule has 5 heteroatoms. The van der Waals surface area contributed by atoms with Crippen molar-refractivity contribution in [3.8, 4) is 5.75 Å². The minimum atomic E-state index is -1.05. The molecule has 0 unspecified atom stereocenters. The van der Waals surface area contributed by atoms with E-state index in [1.54, 1.807) is 0 Å². The molecular formula is C14H11NO4. The highest BCUT2D eigenvalue weighted by Crippen LogP contribution is 2.22. The third-order valence-electron chi connectivity index (χ3n) is 2.69. The summed E-state index contributed by atoms with van der Waals surface area (Å²) in [6, 6.07) is 9.79. The first kappa shape index (κ1) is 12.6. The van der Waals surface area contributed by atoms with Gasteiger partial charge < -0.3 is 15.9 Å². The van der Waals surface area contributed by atoms with Gasteiger partial charge in [-0.1, -0.05) is 12.1 Å². The van der Waals surface area contributed by atoms with Crippen molar-refractivity contribution in [1.82, 2.24) is 0 Å². The van der Waals surface area contributed by atoms with Crippen LogP contribution in [0.4, 0.5) is 5.69 Å². The molecular weight excluding hydrogens is 246 g/mol. The molecule has 0 saturated heterocycles. The summed E-state index contributed by atoms with van der Waals surface area (Å²) >= 11 is 0. The van der Waals surface area contributed by atoms with Crippen molar-refractivity contribution in [1.29, 1.82) is 0 Å². The Labute approximate surface area is 108 Å². The zero-order chi connectivity index (χ0) is 14.0. The van der Waals surface area contributed by atoms with Crippen molar-refractivity contribution < 1.29 is 19.8 Å². The van der Waals surface area contributed by atoms with E-state index >= 15 is 0 Å². The number of nitrogens with two attached hydrogens (primary N) is 1. The summed E-state index contributed by atoms with van der Waals surface area (Å²) in [6.07, 6.45) is 0. The standard InChI is InChI=1S/C14H11NO4/c15-11-6-5-10(7-12(11)16)13(17)8-1-3-9(4-2-8)14(18)19/h1-7,16H,15H2,(H,18,19). The molecule has 0 spiro atoms. The Bertz CT molecular complexity index is 647. The van der Waals surface area contributed by atoms with E-state index in [-0.39, 0.29) is 28.3 Å². The molecule has 4 N–H and O–H groups in total. The third-order valence-corrected chi connectivity index (χ3v) is 2.69. The van der Waals surface area contributed by atoms with Gasteiger partial charge in [-0.15, -0.1) is 0 Å². The van der Waals surface area contributed by atoms with E-state index in [0.29, 0.717) is 5.56 Å². The Hall–Kier alpha value is -2.82. The van der Waals surface area contributed by atoms with E-state index in [2.05, 4.69) is 0 Å². The number of hydrogen-bond donors (Lipinski definition) is 3. The fourth-order valence-corrected chi connectivity index (χ4v) is 1.62. The van der Waals surface area contributed by atoms with E-state index in [1.807, 2.05) is 0 Å². The Balaban J connectivity index is 2.33. The number of nitrogen functional groups attached to an aromatic ring is 1. The molecule has 5 nitrogen and oxygen atoms in total. The molecule has 2 aromatic carbocycles. The van der Waals surface area contributed by atoms with Crippen molar-refractivity contribution in [2.45, 2.75) is 0 Å². The number of carboxylic acids is 1. The first-order valence-electron chi connectivity index (χ1n) is 5.45. The van der Waals surface area contributed by atoms with Crippen LogP contribution in [0.2, 0.25) is 0 Å². The number of ketones is 1. The number of carbonyl (C=O) groups is 2. The maximum absolute atomic E-state index is 12.1. The van der Waals surface area contributed by atoms with Crippen molar-refractivity contribution in [3.63, 3.8) is 0 Å². The van der Waals surface area contributed by atoms with Crippen LogP contribution in [-0.2, 0) is 0 Å². The number of rotatable bonds is 3. The van der Waals surface area contributed by atoms with Crippen LogP contribution in [0.3, 0.4) is 0 Å². The van der Waals surface area contributed by atoms with Crippen molar-refractivity contribution in [2.24, 2.45) is 0 Å². The van der Waals surface area contributed by atoms with Crippen molar-refractivity contribution in [2.75, 3.05) is 5.73 Å². The van der Waals surface area contributed by atoms with Crippen LogP contribution in [0.5, 0.6) is 5.75 Å². The summed E-state index contributed by atoms with van der Waals surface area (Å²) in [5, 5.41) is 18.2. The summed E-state index contributed by atoms with van der Waals surface area (Å²) in [7, 11) is 0. The predicted octanol–water partition coefficient (Wildman–Crippen LogP) is 1.90. The van der Waals surface area contributed by atoms with E-state index in [4.69, 9.17) is 10.8 Å². The van der Waals surface area contributed by atoms with Gasteiger partial charge in [0.1, 0.15) is 5.75 Å². The molecule has 0 aliphatic heterocycles. The molecule has 0 aliphatic carbocycles. The molecule has 0 heterocycles. The normalized spacial score (nSPS) is 10.1. The quantitative estimate of drug-likeness (QED) is 0.443. The first-order chi connectivity index (χ1) is 8.99. The fourth-order valence-electron chi connectivity index (χ4n) is 1.62. The van der Waals surface area contributed by atoms with E-state index in [0.717, 1.165) is 0 Å². The number of carboxylic acid groups (broad SMARTS) is 1. The van der Waals surface area contributed by atoms with Crippen molar-refractivity contribution in [3.05, 3.63) is 59.2 Å². The van der Waals surface area contributed by atoms with Crippen LogP contribution < -0.4 is 5.73 Å². The van der Waals surface area contributed by atoms with Gasteiger partial charge in [-0.25, -0.2) is 4.79 Å². The molecule has 0 aromatic heterocycles. The predicted molar refractivity (Wildman–Crippen MR) is 69.4 cm³/mol. The average molecular weight is 257 g/mol. The lowest BCUT2D eigenvalue weighted by atomic mass is 10.0. The SMILES string of the molecule is Nc1ccc(C(=O)c2ccc(C(=O)O)cc2)cc1O. The van der Waals surface area contributed by atoms with Gasteiger partial charge in [0, 0.05) is 11.1 Å². The second-order valence-corrected chi connectivity index (χ2v) is 3.99. The molecule has 0 fully saturated rings. The number of anilines is 1. The van der Waals surface area contributed by atoms with E-state index in [1.165, 1.54) is 42.5 Å². The molecule has 2 aromatic rings.